The van der Waals surface area contributed by atoms with Crippen molar-refractivity contribution in [1.29, 1.82) is 10.8 Å². The van der Waals surface area contributed by atoms with Gasteiger partial charge in [-0.3, -0.25) is 20.4 Å². The lowest BCUT2D eigenvalue weighted by Crippen LogP contribution is -2.55. The number of carbonyl (C=O) groups excluding carboxylic acids is 2. The number of nitrogens with one attached hydrogen (secondary N) is 3. The number of aromatic nitrogens is 2. The standard InChI is InChI=1S/C31H38F3N7O4S2/c1-5-6-22-14-23-27(40-11-12-41(24(35)15-40)30(36)31(32,33)34)38-26(39-29(23)47-22)28(43)37-20(13-25(42)45-18(2)3)17-46-16-19-7-9-21(44-4)10-8-19/h7-10,14,18,20,35-36H,5-6,11-13,15-17H2,1-4H3,(H,37,43)/t20-/m1/s1. The minimum absolute atomic E-state index is 0.0403. The zero-order chi connectivity index (χ0) is 34.3. The molecule has 4 rings (SSSR count). The largest absolute Gasteiger partial charge is 0.497 e. The quantitative estimate of drug-likeness (QED) is 0.117. The molecule has 1 amide bonds. The van der Waals surface area contributed by atoms with Crippen LogP contribution in [0.5, 0.6) is 5.75 Å². The Balaban J connectivity index is 1.57. The first kappa shape index (κ1) is 35.9. The molecule has 0 saturated carbocycles. The molecule has 1 aromatic carbocycles. The van der Waals surface area contributed by atoms with E-state index in [0.29, 0.717) is 32.4 Å². The second-order valence-electron chi connectivity index (χ2n) is 11.2. The Labute approximate surface area is 279 Å². The number of amidine groups is 2. The number of ether oxygens (including phenoxy) is 2. The molecule has 0 unspecified atom stereocenters. The number of rotatable bonds is 13. The molecule has 0 radical (unpaired) electrons. The Bertz CT molecular complexity index is 1600. The molecule has 2 aromatic heterocycles. The highest BCUT2D eigenvalue weighted by Crippen LogP contribution is 2.33. The second kappa shape index (κ2) is 15.8. The topological polar surface area (TPSA) is 145 Å². The van der Waals surface area contributed by atoms with Crippen LogP contribution in [0.1, 0.15) is 54.7 Å². The molecule has 11 nitrogen and oxygen atoms in total. The van der Waals surface area contributed by atoms with Crippen LogP contribution in [0, 0.1) is 10.8 Å². The van der Waals surface area contributed by atoms with E-state index in [0.717, 1.165) is 29.0 Å². The van der Waals surface area contributed by atoms with Crippen molar-refractivity contribution in [3.05, 3.63) is 46.6 Å². The fourth-order valence-corrected chi connectivity index (χ4v) is 7.06. The number of aryl methyl sites for hydroxylation is 1. The summed E-state index contributed by atoms with van der Waals surface area (Å²) in [5, 5.41) is 19.3. The van der Waals surface area contributed by atoms with Gasteiger partial charge < -0.3 is 24.6 Å². The number of thioether (sulfide) groups is 1. The molecule has 1 saturated heterocycles. The van der Waals surface area contributed by atoms with E-state index in [1.54, 1.807) is 25.9 Å². The number of benzene rings is 1. The summed E-state index contributed by atoms with van der Waals surface area (Å²) in [4.78, 5) is 39.2. The first-order chi connectivity index (χ1) is 22.3. The van der Waals surface area contributed by atoms with E-state index in [9.17, 15) is 22.8 Å². The Morgan fingerprint density at radius 1 is 1.17 bits per heavy atom. The molecular formula is C31H38F3N7O4S2. The van der Waals surface area contributed by atoms with Gasteiger partial charge in [-0.15, -0.1) is 11.3 Å². The molecule has 0 aliphatic carbocycles. The third-order valence-corrected chi connectivity index (χ3v) is 9.35. The molecule has 0 bridgehead atoms. The lowest BCUT2D eigenvalue weighted by molar-refractivity contribution is -0.147. The number of fused-ring (bicyclic) bond motifs is 1. The predicted octanol–water partition coefficient (Wildman–Crippen LogP) is 5.66. The molecule has 1 aliphatic rings. The van der Waals surface area contributed by atoms with E-state index < -0.39 is 35.8 Å². The normalized spacial score (nSPS) is 14.4. The number of hydrogen-bond acceptors (Lipinski definition) is 11. The number of anilines is 1. The van der Waals surface area contributed by atoms with E-state index in [1.165, 1.54) is 23.1 Å². The third kappa shape index (κ3) is 9.56. The van der Waals surface area contributed by atoms with Gasteiger partial charge in [-0.2, -0.15) is 24.9 Å². The van der Waals surface area contributed by atoms with Gasteiger partial charge in [-0.1, -0.05) is 25.5 Å². The molecule has 1 aliphatic heterocycles. The van der Waals surface area contributed by atoms with Gasteiger partial charge >= 0.3 is 12.1 Å². The van der Waals surface area contributed by atoms with Crippen LogP contribution in [0.4, 0.5) is 19.0 Å². The van der Waals surface area contributed by atoms with Gasteiger partial charge in [0.2, 0.25) is 11.7 Å². The molecule has 1 fully saturated rings. The van der Waals surface area contributed by atoms with Crippen molar-refractivity contribution in [1.82, 2.24) is 20.2 Å². The summed E-state index contributed by atoms with van der Waals surface area (Å²) in [5.41, 5.74) is 1.04. The van der Waals surface area contributed by atoms with Crippen molar-refractivity contribution in [3.8, 4) is 5.75 Å². The van der Waals surface area contributed by atoms with Gasteiger partial charge in [0.15, 0.2) is 0 Å². The van der Waals surface area contributed by atoms with Crippen molar-refractivity contribution in [2.75, 3.05) is 37.4 Å². The van der Waals surface area contributed by atoms with Crippen LogP contribution >= 0.6 is 23.1 Å². The average Bonchev–Trinajstić information content (AvgIpc) is 3.42. The van der Waals surface area contributed by atoms with Gasteiger partial charge in [0.25, 0.3) is 5.91 Å². The van der Waals surface area contributed by atoms with Gasteiger partial charge in [-0.05, 0) is 44.0 Å². The molecule has 3 aromatic rings. The fraction of sp³-hybridized carbons (Fsp3) is 0.484. The number of hydrogen-bond donors (Lipinski definition) is 3. The molecule has 3 N–H and O–H groups in total. The Morgan fingerprint density at radius 2 is 1.89 bits per heavy atom. The minimum Gasteiger partial charge on any atom is -0.497 e. The summed E-state index contributed by atoms with van der Waals surface area (Å²) in [6, 6.07) is 8.90. The van der Waals surface area contributed by atoms with Crippen LogP contribution in [0.25, 0.3) is 10.2 Å². The number of piperazine rings is 1. The van der Waals surface area contributed by atoms with Crippen LogP contribution in [0.15, 0.2) is 30.3 Å². The second-order valence-corrected chi connectivity index (χ2v) is 13.3. The van der Waals surface area contributed by atoms with Crippen LogP contribution < -0.4 is 15.0 Å². The highest BCUT2D eigenvalue weighted by Gasteiger charge is 2.41. The molecule has 47 heavy (non-hydrogen) atoms. The summed E-state index contributed by atoms with van der Waals surface area (Å²) in [6.45, 7) is 5.07. The summed E-state index contributed by atoms with van der Waals surface area (Å²) in [6.07, 6.45) is -3.64. The maximum atomic E-state index is 13.7. The highest BCUT2D eigenvalue weighted by molar-refractivity contribution is 7.98. The van der Waals surface area contributed by atoms with Crippen molar-refractivity contribution in [2.24, 2.45) is 0 Å². The molecule has 254 valence electrons. The first-order valence-electron chi connectivity index (χ1n) is 15.1. The molecule has 3 heterocycles. The number of thiophene rings is 1. The van der Waals surface area contributed by atoms with E-state index in [1.807, 2.05) is 37.3 Å². The number of methoxy groups -OCH3 is 1. The van der Waals surface area contributed by atoms with Gasteiger partial charge in [0.1, 0.15) is 22.2 Å². The Morgan fingerprint density at radius 3 is 2.51 bits per heavy atom. The monoisotopic (exact) mass is 693 g/mol. The maximum absolute atomic E-state index is 13.7. The minimum atomic E-state index is -4.88. The third-order valence-electron chi connectivity index (χ3n) is 7.08. The highest BCUT2D eigenvalue weighted by atomic mass is 32.2. The van der Waals surface area contributed by atoms with Crippen LogP contribution in [-0.2, 0) is 21.7 Å². The number of nitrogens with zero attached hydrogens (tertiary/aromatic N) is 4. The van der Waals surface area contributed by atoms with Crippen LogP contribution in [-0.4, -0.2) is 89.2 Å². The van der Waals surface area contributed by atoms with E-state index in [4.69, 9.17) is 20.3 Å². The first-order valence-corrected chi connectivity index (χ1v) is 17.0. The smallest absolute Gasteiger partial charge is 0.449 e. The average molecular weight is 694 g/mol. The summed E-state index contributed by atoms with van der Waals surface area (Å²) >= 11 is 2.93. The predicted molar refractivity (Wildman–Crippen MR) is 178 cm³/mol. The van der Waals surface area contributed by atoms with Crippen molar-refractivity contribution in [3.63, 3.8) is 0 Å². The van der Waals surface area contributed by atoms with E-state index in [2.05, 4.69) is 15.3 Å². The van der Waals surface area contributed by atoms with Gasteiger partial charge in [0, 0.05) is 35.5 Å². The van der Waals surface area contributed by atoms with Gasteiger partial charge in [-0.25, -0.2) is 9.97 Å². The molecule has 16 heteroatoms. The van der Waals surface area contributed by atoms with Crippen molar-refractivity contribution < 1.29 is 32.2 Å². The molecule has 0 spiro atoms. The lowest BCUT2D eigenvalue weighted by atomic mass is 10.2. The zero-order valence-corrected chi connectivity index (χ0v) is 28.2. The van der Waals surface area contributed by atoms with E-state index >= 15 is 0 Å². The SMILES string of the molecule is CCCc1cc2c(N3CCN(C(=N)C(F)(F)F)C(=N)C3)nc(C(=O)N[C@@H](CSCc3ccc(OC)cc3)CC(=O)OC(C)C)nc2s1. The fourth-order valence-electron chi connectivity index (χ4n) is 4.90. The van der Waals surface area contributed by atoms with Crippen molar-refractivity contribution >= 4 is 62.7 Å². The Hall–Kier alpha value is -3.92. The summed E-state index contributed by atoms with van der Waals surface area (Å²) in [7, 11) is 1.59. The van der Waals surface area contributed by atoms with Crippen molar-refractivity contribution in [2.45, 2.75) is 64.1 Å². The van der Waals surface area contributed by atoms with E-state index in [-0.39, 0.29) is 38.0 Å². The molecule has 1 atom stereocenters. The number of amides is 1. The molecular weight excluding hydrogens is 656 g/mol. The Kier molecular flexibility index (Phi) is 12.1. The maximum Gasteiger partial charge on any atom is 0.449 e. The number of carbonyl (C=O) groups is 2. The number of alkyl halides is 3. The number of esters is 1. The summed E-state index contributed by atoms with van der Waals surface area (Å²) < 4.78 is 50.2. The number of halogens is 3. The van der Waals surface area contributed by atoms with Crippen LogP contribution in [0.2, 0.25) is 0 Å². The van der Waals surface area contributed by atoms with Gasteiger partial charge in [0.05, 0.1) is 31.6 Å². The zero-order valence-electron chi connectivity index (χ0n) is 26.6. The summed E-state index contributed by atoms with van der Waals surface area (Å²) in [5.74, 6) is -1.15. The van der Waals surface area contributed by atoms with Crippen LogP contribution in [0.3, 0.4) is 0 Å². The lowest BCUT2D eigenvalue weighted by Gasteiger charge is -2.37.